The van der Waals surface area contributed by atoms with E-state index >= 15 is 0 Å². The number of hydroxylamine groups is 2. The van der Waals surface area contributed by atoms with Crippen LogP contribution in [-0.4, -0.2) is 9.82 Å². The molecule has 2 aromatic rings. The molecule has 0 fully saturated rings. The van der Waals surface area contributed by atoms with E-state index in [4.69, 9.17) is 9.47 Å². The van der Waals surface area contributed by atoms with Gasteiger partial charge in [-0.05, 0) is 36.5 Å². The molecule has 2 heterocycles. The zero-order valence-corrected chi connectivity index (χ0v) is 14.8. The standard InChI is InChI=1S/C22H16N2O4/c25-23-13-11-19(27-17-7-3-1-4-8-17)15-21(23)22-16-20(12-14-24(22)26)28-18-9-5-2-6-10-18/h1-16H. The van der Waals surface area contributed by atoms with Gasteiger partial charge in [0, 0.05) is 11.0 Å². The van der Waals surface area contributed by atoms with Crippen LogP contribution in [0.2, 0.25) is 0 Å². The summed E-state index contributed by atoms with van der Waals surface area (Å²) in [7, 11) is 0. The Bertz CT molecular complexity index is 1030. The Morgan fingerprint density at radius 2 is 1.36 bits per heavy atom. The molecule has 28 heavy (non-hydrogen) atoms. The zero-order valence-electron chi connectivity index (χ0n) is 14.8. The third-order valence-corrected chi connectivity index (χ3v) is 4.00. The SMILES string of the molecule is O=[N+]1C=CC(Oc2ccccc2)=CC1=C1C=C(Oc2ccccc2)C=CN1[O-]. The molecule has 2 aromatic carbocycles. The quantitative estimate of drug-likeness (QED) is 0.724. The lowest BCUT2D eigenvalue weighted by Gasteiger charge is -2.29. The number of allylic oxidation sites excluding steroid dienone is 4. The van der Waals surface area contributed by atoms with Gasteiger partial charge in [0.05, 0.1) is 16.9 Å². The first kappa shape index (κ1) is 17.5. The van der Waals surface area contributed by atoms with E-state index in [1.807, 2.05) is 36.4 Å². The smallest absolute Gasteiger partial charge is 0.289 e. The topological polar surface area (TPSA) is 64.8 Å². The van der Waals surface area contributed by atoms with Gasteiger partial charge in [0.15, 0.2) is 0 Å². The molecule has 0 unspecified atom stereocenters. The van der Waals surface area contributed by atoms with E-state index in [9.17, 15) is 10.1 Å². The Morgan fingerprint density at radius 3 is 1.96 bits per heavy atom. The summed E-state index contributed by atoms with van der Waals surface area (Å²) in [6, 6.07) is 18.4. The van der Waals surface area contributed by atoms with Gasteiger partial charge in [-0.25, -0.2) is 0 Å². The predicted molar refractivity (Wildman–Crippen MR) is 104 cm³/mol. The number of rotatable bonds is 4. The molecule has 0 aromatic heterocycles. The van der Waals surface area contributed by atoms with Crippen molar-refractivity contribution in [3.8, 4) is 11.5 Å². The van der Waals surface area contributed by atoms with Crippen LogP contribution in [0.1, 0.15) is 0 Å². The van der Waals surface area contributed by atoms with Crippen LogP contribution in [0.3, 0.4) is 0 Å². The molecule has 0 bridgehead atoms. The van der Waals surface area contributed by atoms with E-state index < -0.39 is 0 Å². The van der Waals surface area contributed by atoms with Crippen LogP contribution in [0.4, 0.5) is 0 Å². The molecule has 2 aliphatic rings. The maximum Gasteiger partial charge on any atom is 0.289 e. The second kappa shape index (κ2) is 7.77. The highest BCUT2D eigenvalue weighted by molar-refractivity contribution is 5.42. The Balaban J connectivity index is 1.65. The summed E-state index contributed by atoms with van der Waals surface area (Å²) < 4.78 is 12.2. The monoisotopic (exact) mass is 372 g/mol. The molecule has 4 rings (SSSR count). The van der Waals surface area contributed by atoms with Crippen LogP contribution in [0.15, 0.2) is 120 Å². The molecule has 138 valence electrons. The number of ether oxygens (including phenoxy) is 2. The second-order valence-corrected chi connectivity index (χ2v) is 5.98. The van der Waals surface area contributed by atoms with Crippen molar-refractivity contribution in [2.45, 2.75) is 0 Å². The highest BCUT2D eigenvalue weighted by atomic mass is 16.5. The molecular weight excluding hydrogens is 356 g/mol. The Kier molecular flexibility index (Phi) is 4.86. The molecule has 0 N–H and O–H groups in total. The normalized spacial score (nSPS) is 18.6. The summed E-state index contributed by atoms with van der Waals surface area (Å²) in [5.74, 6) is 2.16. The van der Waals surface area contributed by atoms with E-state index in [1.165, 1.54) is 24.6 Å². The van der Waals surface area contributed by atoms with Gasteiger partial charge in [-0.2, -0.15) is 0 Å². The lowest BCUT2D eigenvalue weighted by atomic mass is 10.2. The third-order valence-electron chi connectivity index (χ3n) is 4.00. The van der Waals surface area contributed by atoms with E-state index in [-0.39, 0.29) is 11.4 Å². The molecule has 2 aliphatic heterocycles. The minimum Gasteiger partial charge on any atom is -0.754 e. The second-order valence-electron chi connectivity index (χ2n) is 5.98. The summed E-state index contributed by atoms with van der Waals surface area (Å²) >= 11 is 0. The highest BCUT2D eigenvalue weighted by Gasteiger charge is 2.25. The highest BCUT2D eigenvalue weighted by Crippen LogP contribution is 2.26. The Morgan fingerprint density at radius 1 is 0.786 bits per heavy atom. The first-order chi connectivity index (χ1) is 13.7. The van der Waals surface area contributed by atoms with Gasteiger partial charge >= 0.3 is 0 Å². The Hall–Kier alpha value is -3.90. The van der Waals surface area contributed by atoms with Gasteiger partial charge in [-0.3, -0.25) is 0 Å². The van der Waals surface area contributed by atoms with Crippen LogP contribution in [0.5, 0.6) is 11.5 Å². The van der Waals surface area contributed by atoms with E-state index in [2.05, 4.69) is 0 Å². The number of hydrogen-bond acceptors (Lipinski definition) is 5. The molecule has 0 radical (unpaired) electrons. The molecule has 0 aliphatic carbocycles. The molecule has 6 heteroatoms. The van der Waals surface area contributed by atoms with Gasteiger partial charge in [-0.1, -0.05) is 36.4 Å². The largest absolute Gasteiger partial charge is 0.754 e. The maximum absolute atomic E-state index is 12.3. The molecule has 0 saturated carbocycles. The molecule has 0 amide bonds. The minimum atomic E-state index is 0.155. The average molecular weight is 372 g/mol. The van der Waals surface area contributed by atoms with Crippen LogP contribution < -0.4 is 9.47 Å². The zero-order chi connectivity index (χ0) is 19.3. The van der Waals surface area contributed by atoms with Gasteiger partial charge in [0.2, 0.25) is 6.20 Å². The third kappa shape index (κ3) is 3.92. The summed E-state index contributed by atoms with van der Waals surface area (Å²) in [6.45, 7) is 0. The average Bonchev–Trinajstić information content (AvgIpc) is 2.73. The summed E-state index contributed by atoms with van der Waals surface area (Å²) in [4.78, 5) is 12.3. The maximum atomic E-state index is 12.3. The summed E-state index contributed by atoms with van der Waals surface area (Å²) in [5, 5.41) is 12.9. The van der Waals surface area contributed by atoms with Crippen LogP contribution >= 0.6 is 0 Å². The number of hydrogen-bond donors (Lipinski definition) is 0. The number of para-hydroxylation sites is 2. The molecule has 0 saturated heterocycles. The molecular formula is C22H16N2O4. The summed E-state index contributed by atoms with van der Waals surface area (Å²) in [5.41, 5.74) is 0.309. The number of nitroso groups, excluding NO2 is 1. The fraction of sp³-hybridized carbons (Fsp3) is 0. The van der Waals surface area contributed by atoms with Crippen molar-refractivity contribution in [1.82, 2.24) is 5.06 Å². The van der Waals surface area contributed by atoms with Crippen molar-refractivity contribution >= 4 is 0 Å². The number of nitrogens with zero attached hydrogens (tertiary/aromatic N) is 2. The van der Waals surface area contributed by atoms with E-state index in [0.29, 0.717) is 32.8 Å². The summed E-state index contributed by atoms with van der Waals surface area (Å²) in [6.07, 6.45) is 8.74. The molecule has 6 nitrogen and oxygen atoms in total. The van der Waals surface area contributed by atoms with Gasteiger partial charge in [0.25, 0.3) is 5.70 Å². The van der Waals surface area contributed by atoms with Crippen molar-refractivity contribution in [3.63, 3.8) is 0 Å². The number of benzene rings is 2. The van der Waals surface area contributed by atoms with Crippen molar-refractivity contribution < 1.29 is 14.2 Å². The Labute approximate surface area is 161 Å². The first-order valence-electron chi connectivity index (χ1n) is 8.62. The van der Waals surface area contributed by atoms with Crippen LogP contribution in [0.25, 0.3) is 0 Å². The fourth-order valence-electron chi connectivity index (χ4n) is 2.69. The van der Waals surface area contributed by atoms with Gasteiger partial charge in [0.1, 0.15) is 28.7 Å². The first-order valence-corrected chi connectivity index (χ1v) is 8.62. The lowest BCUT2D eigenvalue weighted by molar-refractivity contribution is -0.421. The van der Waals surface area contributed by atoms with Crippen LogP contribution in [0, 0.1) is 10.1 Å². The van der Waals surface area contributed by atoms with E-state index in [0.717, 1.165) is 0 Å². The van der Waals surface area contributed by atoms with Crippen molar-refractivity contribution in [2.75, 3.05) is 0 Å². The molecule has 0 spiro atoms. The van der Waals surface area contributed by atoms with Crippen molar-refractivity contribution in [2.24, 2.45) is 0 Å². The fourth-order valence-corrected chi connectivity index (χ4v) is 2.69. The lowest BCUT2D eigenvalue weighted by Crippen LogP contribution is -2.18. The van der Waals surface area contributed by atoms with E-state index in [1.54, 1.807) is 36.4 Å². The predicted octanol–water partition coefficient (Wildman–Crippen LogP) is 4.76. The van der Waals surface area contributed by atoms with Gasteiger partial charge < -0.3 is 19.7 Å². The van der Waals surface area contributed by atoms with Crippen molar-refractivity contribution in [1.29, 1.82) is 0 Å². The van der Waals surface area contributed by atoms with Gasteiger partial charge in [-0.15, -0.1) is 0 Å². The minimum absolute atomic E-state index is 0.155. The molecule has 0 atom stereocenters. The van der Waals surface area contributed by atoms with Crippen molar-refractivity contribution in [3.05, 3.63) is 130 Å². The van der Waals surface area contributed by atoms with Crippen LogP contribution in [-0.2, 0) is 0 Å².